The number of thiazole rings is 1. The third-order valence-corrected chi connectivity index (χ3v) is 6.39. The van der Waals surface area contributed by atoms with Crippen LogP contribution in [0.25, 0.3) is 22.3 Å². The summed E-state index contributed by atoms with van der Waals surface area (Å²) < 4.78 is 25.7. The van der Waals surface area contributed by atoms with Crippen molar-refractivity contribution in [3.63, 3.8) is 0 Å². The average Bonchev–Trinajstić information content (AvgIpc) is 3.33. The van der Waals surface area contributed by atoms with Gasteiger partial charge in [0.2, 0.25) is 20.9 Å². The lowest BCUT2D eigenvalue weighted by atomic mass is 10.1. The van der Waals surface area contributed by atoms with Gasteiger partial charge in [0, 0.05) is 17.2 Å². The smallest absolute Gasteiger partial charge is 0.246 e. The van der Waals surface area contributed by atoms with Crippen molar-refractivity contribution >= 4 is 43.2 Å². The number of aromatic nitrogens is 3. The van der Waals surface area contributed by atoms with Gasteiger partial charge >= 0.3 is 0 Å². The molecular weight excluding hydrogens is 420 g/mol. The summed E-state index contributed by atoms with van der Waals surface area (Å²) in [6.45, 7) is 1.92. The normalized spacial score (nSPS) is 11.7. The van der Waals surface area contributed by atoms with Crippen molar-refractivity contribution in [2.24, 2.45) is 0 Å². The molecule has 1 amide bonds. The molecule has 1 N–H and O–H groups in total. The Hall–Kier alpha value is -3.04. The minimum atomic E-state index is -3.59. The summed E-state index contributed by atoms with van der Waals surface area (Å²) in [5.74, 6) is -0.370. The Kier molecular flexibility index (Phi) is 5.40. The van der Waals surface area contributed by atoms with Gasteiger partial charge in [-0.3, -0.25) is 4.79 Å². The fraction of sp³-hybridized carbons (Fsp3) is 0.190. The topological polar surface area (TPSA) is 94.0 Å². The highest BCUT2D eigenvalue weighted by molar-refractivity contribution is 7.90. The molecule has 9 heteroatoms. The molecule has 0 saturated carbocycles. The highest BCUT2D eigenvalue weighted by Gasteiger charge is 2.21. The quantitative estimate of drug-likeness (QED) is 0.493. The van der Waals surface area contributed by atoms with Crippen LogP contribution in [0.4, 0.5) is 5.13 Å². The van der Waals surface area contributed by atoms with E-state index in [-0.39, 0.29) is 17.6 Å². The Morgan fingerprint density at radius 3 is 2.53 bits per heavy atom. The lowest BCUT2D eigenvalue weighted by Gasteiger charge is -2.07. The van der Waals surface area contributed by atoms with Crippen LogP contribution in [0.1, 0.15) is 12.5 Å². The minimum Gasteiger partial charge on any atom is -0.305 e. The molecule has 7 nitrogen and oxygen atoms in total. The number of nitrogens with zero attached hydrogens (tertiary/aromatic N) is 3. The molecule has 2 aromatic carbocycles. The van der Waals surface area contributed by atoms with Crippen LogP contribution in [0, 0.1) is 0 Å². The zero-order valence-corrected chi connectivity index (χ0v) is 18.1. The zero-order chi connectivity index (χ0) is 21.3. The van der Waals surface area contributed by atoms with E-state index in [4.69, 9.17) is 0 Å². The number of hydrogen-bond donors (Lipinski definition) is 1. The molecule has 0 saturated heterocycles. The predicted molar refractivity (Wildman–Crippen MR) is 118 cm³/mol. The summed E-state index contributed by atoms with van der Waals surface area (Å²) >= 11 is 1.32. The molecule has 0 bridgehead atoms. The molecule has 0 fully saturated rings. The first-order chi connectivity index (χ1) is 14.3. The van der Waals surface area contributed by atoms with E-state index in [0.29, 0.717) is 16.2 Å². The zero-order valence-electron chi connectivity index (χ0n) is 16.5. The summed E-state index contributed by atoms with van der Waals surface area (Å²) in [7, 11) is -3.59. The van der Waals surface area contributed by atoms with Crippen LogP contribution in [0.2, 0.25) is 0 Å². The number of sulfone groups is 1. The van der Waals surface area contributed by atoms with Gasteiger partial charge in [0.25, 0.3) is 0 Å². The average molecular weight is 441 g/mol. The monoisotopic (exact) mass is 440 g/mol. The number of nitrogens with one attached hydrogen (secondary N) is 1. The van der Waals surface area contributed by atoms with Crippen molar-refractivity contribution in [3.05, 3.63) is 59.5 Å². The molecule has 0 aliphatic rings. The van der Waals surface area contributed by atoms with Gasteiger partial charge in [-0.25, -0.2) is 18.4 Å². The number of aryl methyl sites for hydroxylation is 1. The molecule has 2 aromatic heterocycles. The number of anilines is 1. The van der Waals surface area contributed by atoms with E-state index in [1.54, 1.807) is 24.3 Å². The van der Waals surface area contributed by atoms with Crippen molar-refractivity contribution in [3.8, 4) is 11.3 Å². The van der Waals surface area contributed by atoms with Crippen molar-refractivity contribution in [2.45, 2.75) is 25.0 Å². The van der Waals surface area contributed by atoms with Gasteiger partial charge in [0.1, 0.15) is 6.54 Å². The number of para-hydroxylation sites is 2. The molecular formula is C21H20N4O3S2. The van der Waals surface area contributed by atoms with Crippen molar-refractivity contribution in [1.29, 1.82) is 0 Å². The fourth-order valence-corrected chi connectivity index (χ4v) is 4.73. The Bertz CT molecular complexity index is 1320. The molecule has 2 heterocycles. The maximum atomic E-state index is 12.6. The number of rotatable bonds is 6. The van der Waals surface area contributed by atoms with Crippen molar-refractivity contribution in [1.82, 2.24) is 14.5 Å². The molecule has 0 atom stereocenters. The second-order valence-corrected chi connectivity index (χ2v) is 9.65. The third kappa shape index (κ3) is 4.12. The SMILES string of the molecule is CCc1ccc(-c2csc(NC(=O)Cn3c(S(C)(=O)=O)nc4ccccc43)n2)cc1. The summed E-state index contributed by atoms with van der Waals surface area (Å²) in [4.78, 5) is 21.3. The van der Waals surface area contributed by atoms with E-state index in [9.17, 15) is 13.2 Å². The van der Waals surface area contributed by atoms with Crippen LogP contribution in [0.3, 0.4) is 0 Å². The minimum absolute atomic E-state index is 0.130. The molecule has 0 unspecified atom stereocenters. The van der Waals surface area contributed by atoms with Crippen LogP contribution >= 0.6 is 11.3 Å². The lowest BCUT2D eigenvalue weighted by molar-refractivity contribution is -0.116. The number of hydrogen-bond acceptors (Lipinski definition) is 6. The number of carbonyl (C=O) groups is 1. The van der Waals surface area contributed by atoms with Gasteiger partial charge in [0.15, 0.2) is 5.13 Å². The van der Waals surface area contributed by atoms with Gasteiger partial charge in [-0.15, -0.1) is 11.3 Å². The Balaban J connectivity index is 1.55. The molecule has 0 radical (unpaired) electrons. The third-order valence-electron chi connectivity index (χ3n) is 4.66. The second-order valence-electron chi connectivity index (χ2n) is 6.88. The van der Waals surface area contributed by atoms with Gasteiger partial charge < -0.3 is 9.88 Å². The first kappa shape index (κ1) is 20.2. The fourth-order valence-electron chi connectivity index (χ4n) is 3.17. The highest BCUT2D eigenvalue weighted by Crippen LogP contribution is 2.26. The molecule has 30 heavy (non-hydrogen) atoms. The molecule has 0 aliphatic carbocycles. The summed E-state index contributed by atoms with van der Waals surface area (Å²) in [6.07, 6.45) is 2.05. The number of imidazole rings is 1. The van der Waals surface area contributed by atoms with Crippen LogP contribution < -0.4 is 5.32 Å². The number of amides is 1. The first-order valence-corrected chi connectivity index (χ1v) is 12.1. The Morgan fingerprint density at radius 2 is 1.83 bits per heavy atom. The van der Waals surface area contributed by atoms with Crippen LogP contribution in [-0.4, -0.2) is 35.1 Å². The van der Waals surface area contributed by atoms with Crippen LogP contribution in [0.5, 0.6) is 0 Å². The van der Waals surface area contributed by atoms with E-state index >= 15 is 0 Å². The Morgan fingerprint density at radius 1 is 1.10 bits per heavy atom. The Labute approximate surface area is 178 Å². The van der Waals surface area contributed by atoms with E-state index in [2.05, 4.69) is 34.3 Å². The van der Waals surface area contributed by atoms with E-state index in [0.717, 1.165) is 23.9 Å². The van der Waals surface area contributed by atoms with Crippen LogP contribution in [0.15, 0.2) is 59.1 Å². The molecule has 0 spiro atoms. The van der Waals surface area contributed by atoms with Crippen molar-refractivity contribution in [2.75, 3.05) is 11.6 Å². The predicted octanol–water partition coefficient (Wildman–Crippen LogP) is 3.76. The van der Waals surface area contributed by atoms with E-state index in [1.807, 2.05) is 17.5 Å². The summed E-state index contributed by atoms with van der Waals surface area (Å²) in [5, 5.41) is 4.97. The van der Waals surface area contributed by atoms with Gasteiger partial charge in [-0.1, -0.05) is 43.3 Å². The molecule has 4 aromatic rings. The summed E-state index contributed by atoms with van der Waals surface area (Å²) in [6, 6.07) is 15.1. The lowest BCUT2D eigenvalue weighted by Crippen LogP contribution is -2.21. The molecule has 154 valence electrons. The maximum absolute atomic E-state index is 12.6. The maximum Gasteiger partial charge on any atom is 0.246 e. The number of benzene rings is 2. The van der Waals surface area contributed by atoms with Crippen LogP contribution in [-0.2, 0) is 27.6 Å². The van der Waals surface area contributed by atoms with Gasteiger partial charge in [-0.05, 0) is 24.1 Å². The summed E-state index contributed by atoms with van der Waals surface area (Å²) in [5.41, 5.74) is 4.12. The highest BCUT2D eigenvalue weighted by atomic mass is 32.2. The second kappa shape index (κ2) is 8.00. The first-order valence-electron chi connectivity index (χ1n) is 9.35. The van der Waals surface area contributed by atoms with E-state index < -0.39 is 9.84 Å². The number of fused-ring (bicyclic) bond motifs is 1. The van der Waals surface area contributed by atoms with Gasteiger partial charge in [-0.2, -0.15) is 0 Å². The standard InChI is InChI=1S/C21H20N4O3S2/c1-3-14-8-10-15(11-9-14)17-13-29-20(22-17)24-19(26)12-25-18-7-5-4-6-16(18)23-21(25)30(2,27)28/h4-11,13H,3,12H2,1-2H3,(H,22,24,26). The number of carbonyl (C=O) groups excluding carboxylic acids is 1. The molecule has 4 rings (SSSR count). The largest absolute Gasteiger partial charge is 0.305 e. The van der Waals surface area contributed by atoms with Crippen molar-refractivity contribution < 1.29 is 13.2 Å². The van der Waals surface area contributed by atoms with E-state index in [1.165, 1.54) is 21.5 Å². The molecule has 0 aliphatic heterocycles. The van der Waals surface area contributed by atoms with Gasteiger partial charge in [0.05, 0.1) is 16.7 Å².